The lowest BCUT2D eigenvalue weighted by atomic mass is 10.1. The Bertz CT molecular complexity index is 945. The largest absolute Gasteiger partial charge is 0.479 e. The number of hydrogen-bond donors (Lipinski definition) is 0. The summed E-state index contributed by atoms with van der Waals surface area (Å²) in [5.41, 5.74) is 3.37. The Morgan fingerprint density at radius 2 is 2.00 bits per heavy atom. The number of pyridine rings is 1. The van der Waals surface area contributed by atoms with E-state index >= 15 is 0 Å². The number of ether oxygens (including phenoxy) is 2. The molecule has 2 aromatic heterocycles. The van der Waals surface area contributed by atoms with Gasteiger partial charge < -0.3 is 9.47 Å². The minimum Gasteiger partial charge on any atom is -0.479 e. The van der Waals surface area contributed by atoms with Gasteiger partial charge in [0.15, 0.2) is 0 Å². The SMILES string of the molecule is CCOC(=O)c1ccc(Cc2cnc(OC)c(-c3cccc(Cl)c3)n2)cn1. The highest BCUT2D eigenvalue weighted by atomic mass is 35.5. The van der Waals surface area contributed by atoms with Gasteiger partial charge in [-0.05, 0) is 30.7 Å². The van der Waals surface area contributed by atoms with Crippen molar-refractivity contribution in [1.29, 1.82) is 0 Å². The van der Waals surface area contributed by atoms with E-state index < -0.39 is 5.97 Å². The predicted octanol–water partition coefficient (Wildman–Crippen LogP) is 3.97. The first kappa shape index (κ1) is 18.8. The Balaban J connectivity index is 1.85. The summed E-state index contributed by atoms with van der Waals surface area (Å²) < 4.78 is 10.3. The average Bonchev–Trinajstić information content (AvgIpc) is 2.68. The molecule has 7 heteroatoms. The summed E-state index contributed by atoms with van der Waals surface area (Å²) in [7, 11) is 1.55. The van der Waals surface area contributed by atoms with E-state index in [-0.39, 0.29) is 5.69 Å². The van der Waals surface area contributed by atoms with E-state index in [9.17, 15) is 4.79 Å². The molecule has 0 fully saturated rings. The van der Waals surface area contributed by atoms with Crippen molar-refractivity contribution >= 4 is 17.6 Å². The molecule has 0 spiro atoms. The van der Waals surface area contributed by atoms with Crippen molar-refractivity contribution in [3.05, 3.63) is 70.8 Å². The maximum Gasteiger partial charge on any atom is 0.356 e. The lowest BCUT2D eigenvalue weighted by molar-refractivity contribution is 0.0519. The maximum absolute atomic E-state index is 11.7. The molecule has 1 aromatic carbocycles. The fourth-order valence-corrected chi connectivity index (χ4v) is 2.73. The Kier molecular flexibility index (Phi) is 5.98. The fraction of sp³-hybridized carbons (Fsp3) is 0.200. The first-order valence-corrected chi connectivity index (χ1v) is 8.76. The molecule has 2 heterocycles. The molecule has 0 atom stereocenters. The molecule has 27 heavy (non-hydrogen) atoms. The summed E-state index contributed by atoms with van der Waals surface area (Å²) in [5.74, 6) is -0.00617. The van der Waals surface area contributed by atoms with Crippen LogP contribution in [0.1, 0.15) is 28.7 Å². The molecule has 0 radical (unpaired) electrons. The van der Waals surface area contributed by atoms with Crippen LogP contribution in [0.5, 0.6) is 5.88 Å². The maximum atomic E-state index is 11.7. The monoisotopic (exact) mass is 383 g/mol. The minimum absolute atomic E-state index is 0.279. The van der Waals surface area contributed by atoms with Crippen LogP contribution >= 0.6 is 11.6 Å². The number of benzene rings is 1. The van der Waals surface area contributed by atoms with Crippen LogP contribution in [0.15, 0.2) is 48.8 Å². The van der Waals surface area contributed by atoms with Crippen molar-refractivity contribution in [1.82, 2.24) is 15.0 Å². The number of halogens is 1. The van der Waals surface area contributed by atoms with Gasteiger partial charge in [-0.3, -0.25) is 0 Å². The van der Waals surface area contributed by atoms with Crippen molar-refractivity contribution in [3.63, 3.8) is 0 Å². The molecule has 0 saturated carbocycles. The van der Waals surface area contributed by atoms with Gasteiger partial charge >= 0.3 is 5.97 Å². The van der Waals surface area contributed by atoms with Crippen molar-refractivity contribution in [3.8, 4) is 17.1 Å². The van der Waals surface area contributed by atoms with Gasteiger partial charge in [0.1, 0.15) is 11.4 Å². The molecule has 3 aromatic rings. The second kappa shape index (κ2) is 8.60. The number of rotatable bonds is 6. The molecule has 0 saturated heterocycles. The number of nitrogens with zero attached hydrogens (tertiary/aromatic N) is 3. The molecule has 0 N–H and O–H groups in total. The molecule has 0 aliphatic heterocycles. The quantitative estimate of drug-likeness (QED) is 0.599. The van der Waals surface area contributed by atoms with E-state index in [1.165, 1.54) is 0 Å². The van der Waals surface area contributed by atoms with Crippen LogP contribution < -0.4 is 4.74 Å². The smallest absolute Gasteiger partial charge is 0.356 e. The Hall–Kier alpha value is -2.99. The second-order valence-corrected chi connectivity index (χ2v) is 6.11. The molecule has 0 aliphatic carbocycles. The second-order valence-electron chi connectivity index (χ2n) is 5.68. The first-order valence-electron chi connectivity index (χ1n) is 8.38. The summed E-state index contributed by atoms with van der Waals surface area (Å²) in [6, 6.07) is 10.8. The lowest BCUT2D eigenvalue weighted by Crippen LogP contribution is -2.07. The standard InChI is InChI=1S/C20H18ClN3O3/c1-3-27-20(25)17-8-7-13(11-22-17)9-16-12-23-19(26-2)18(24-16)14-5-4-6-15(21)10-14/h4-8,10-12H,3,9H2,1-2H3. The number of methoxy groups -OCH3 is 1. The summed E-state index contributed by atoms with van der Waals surface area (Å²) in [5, 5.41) is 0.612. The highest BCUT2D eigenvalue weighted by Crippen LogP contribution is 2.28. The van der Waals surface area contributed by atoms with Gasteiger partial charge in [0, 0.05) is 23.2 Å². The van der Waals surface area contributed by atoms with Crippen LogP contribution in [0, 0.1) is 0 Å². The first-order chi connectivity index (χ1) is 13.1. The van der Waals surface area contributed by atoms with Crippen LogP contribution in [-0.2, 0) is 11.2 Å². The minimum atomic E-state index is -0.434. The molecule has 138 valence electrons. The highest BCUT2D eigenvalue weighted by Gasteiger charge is 2.13. The summed E-state index contributed by atoms with van der Waals surface area (Å²) >= 11 is 6.09. The van der Waals surface area contributed by atoms with Crippen molar-refractivity contribution in [2.45, 2.75) is 13.3 Å². The summed E-state index contributed by atoms with van der Waals surface area (Å²) in [6.07, 6.45) is 3.81. The molecular weight excluding hydrogens is 366 g/mol. The van der Waals surface area contributed by atoms with E-state index in [0.717, 1.165) is 16.8 Å². The van der Waals surface area contributed by atoms with Crippen LogP contribution in [-0.4, -0.2) is 34.6 Å². The van der Waals surface area contributed by atoms with Crippen LogP contribution in [0.2, 0.25) is 5.02 Å². The van der Waals surface area contributed by atoms with E-state index in [1.807, 2.05) is 24.3 Å². The van der Waals surface area contributed by atoms with Gasteiger partial charge in [0.2, 0.25) is 5.88 Å². The zero-order chi connectivity index (χ0) is 19.2. The van der Waals surface area contributed by atoms with Gasteiger partial charge in [-0.15, -0.1) is 0 Å². The van der Waals surface area contributed by atoms with Crippen LogP contribution in [0.25, 0.3) is 11.3 Å². The Morgan fingerprint density at radius 1 is 1.15 bits per heavy atom. The fourth-order valence-electron chi connectivity index (χ4n) is 2.54. The van der Waals surface area contributed by atoms with E-state index in [2.05, 4.69) is 15.0 Å². The van der Waals surface area contributed by atoms with Crippen LogP contribution in [0.4, 0.5) is 0 Å². The number of aromatic nitrogens is 3. The normalized spacial score (nSPS) is 10.5. The van der Waals surface area contributed by atoms with Gasteiger partial charge in [-0.25, -0.2) is 19.7 Å². The highest BCUT2D eigenvalue weighted by molar-refractivity contribution is 6.30. The number of carbonyl (C=O) groups excluding carboxylic acids is 1. The van der Waals surface area contributed by atoms with Crippen LogP contribution in [0.3, 0.4) is 0 Å². The number of carbonyl (C=O) groups is 1. The molecule has 0 aliphatic rings. The third-order valence-corrected chi connectivity index (χ3v) is 4.01. The average molecular weight is 384 g/mol. The molecule has 0 amide bonds. The molecule has 0 bridgehead atoms. The predicted molar refractivity (Wildman–Crippen MR) is 102 cm³/mol. The molecule has 0 unspecified atom stereocenters. The van der Waals surface area contributed by atoms with E-state index in [1.54, 1.807) is 38.6 Å². The topological polar surface area (TPSA) is 74.2 Å². The van der Waals surface area contributed by atoms with E-state index in [0.29, 0.717) is 29.6 Å². The van der Waals surface area contributed by atoms with Gasteiger partial charge in [0.25, 0.3) is 0 Å². The van der Waals surface area contributed by atoms with E-state index in [4.69, 9.17) is 21.1 Å². The van der Waals surface area contributed by atoms with Crippen molar-refractivity contribution < 1.29 is 14.3 Å². The Morgan fingerprint density at radius 3 is 2.67 bits per heavy atom. The third kappa shape index (κ3) is 4.60. The number of esters is 1. The van der Waals surface area contributed by atoms with Gasteiger partial charge in [-0.2, -0.15) is 0 Å². The zero-order valence-corrected chi connectivity index (χ0v) is 15.7. The summed E-state index contributed by atoms with van der Waals surface area (Å²) in [4.78, 5) is 24.9. The third-order valence-electron chi connectivity index (χ3n) is 3.77. The zero-order valence-electron chi connectivity index (χ0n) is 15.0. The van der Waals surface area contributed by atoms with Gasteiger partial charge in [0.05, 0.1) is 25.6 Å². The van der Waals surface area contributed by atoms with Crippen molar-refractivity contribution in [2.24, 2.45) is 0 Å². The summed E-state index contributed by atoms with van der Waals surface area (Å²) in [6.45, 7) is 2.07. The molecular formula is C20H18ClN3O3. The number of hydrogen-bond acceptors (Lipinski definition) is 6. The van der Waals surface area contributed by atoms with Crippen molar-refractivity contribution in [2.75, 3.05) is 13.7 Å². The molecule has 3 rings (SSSR count). The Labute approximate surface area is 162 Å². The molecule has 6 nitrogen and oxygen atoms in total. The lowest BCUT2D eigenvalue weighted by Gasteiger charge is -2.09. The van der Waals surface area contributed by atoms with Gasteiger partial charge in [-0.1, -0.05) is 29.8 Å².